The maximum Gasteiger partial charge on any atom is 0.265 e. The zero-order valence-electron chi connectivity index (χ0n) is 13.3. The number of carbonyl (C=O) groups excluding carboxylic acids is 1. The third kappa shape index (κ3) is 2.73. The van der Waals surface area contributed by atoms with E-state index in [-0.39, 0.29) is 6.04 Å². The van der Waals surface area contributed by atoms with Crippen molar-refractivity contribution in [3.8, 4) is 17.3 Å². The minimum Gasteiger partial charge on any atom is -0.364 e. The Hall–Kier alpha value is -2.96. The highest BCUT2D eigenvalue weighted by molar-refractivity contribution is 5.92. The summed E-state index contributed by atoms with van der Waals surface area (Å²) in [5.41, 5.74) is 7.48. The molecule has 118 valence electrons. The van der Waals surface area contributed by atoms with Gasteiger partial charge in [0, 0.05) is 12.2 Å². The second-order valence-electron chi connectivity index (χ2n) is 5.67. The van der Waals surface area contributed by atoms with E-state index in [0.717, 1.165) is 5.56 Å². The summed E-state index contributed by atoms with van der Waals surface area (Å²) in [6, 6.07) is 7.53. The zero-order valence-corrected chi connectivity index (χ0v) is 13.3. The van der Waals surface area contributed by atoms with Gasteiger partial charge in [-0.2, -0.15) is 0 Å². The average Bonchev–Trinajstić information content (AvgIpc) is 3.13. The van der Waals surface area contributed by atoms with Crippen LogP contribution in [0, 0.1) is 6.92 Å². The number of rotatable bonds is 4. The summed E-state index contributed by atoms with van der Waals surface area (Å²) in [6.07, 6.45) is 3.52. The monoisotopic (exact) mass is 310 g/mol. The van der Waals surface area contributed by atoms with Crippen LogP contribution < -0.4 is 5.73 Å². The van der Waals surface area contributed by atoms with E-state index in [9.17, 15) is 4.79 Å². The molecule has 3 rings (SSSR count). The van der Waals surface area contributed by atoms with Gasteiger partial charge in [0.05, 0.1) is 0 Å². The van der Waals surface area contributed by atoms with Crippen LogP contribution in [0.15, 0.2) is 36.8 Å². The molecule has 3 aromatic heterocycles. The van der Waals surface area contributed by atoms with Gasteiger partial charge in [-0.3, -0.25) is 9.36 Å². The number of primary amides is 1. The van der Waals surface area contributed by atoms with Gasteiger partial charge in [-0.05, 0) is 44.5 Å². The van der Waals surface area contributed by atoms with Gasteiger partial charge >= 0.3 is 0 Å². The predicted octanol–water partition coefficient (Wildman–Crippen LogP) is 2.12. The van der Waals surface area contributed by atoms with E-state index in [2.05, 4.69) is 29.0 Å². The fraction of sp³-hybridized carbons (Fsp3) is 0.250. The summed E-state index contributed by atoms with van der Waals surface area (Å²) < 4.78 is 3.64. The molecule has 0 aliphatic rings. The van der Waals surface area contributed by atoms with E-state index >= 15 is 0 Å². The van der Waals surface area contributed by atoms with Crippen molar-refractivity contribution in [2.45, 2.75) is 26.8 Å². The van der Waals surface area contributed by atoms with E-state index in [4.69, 9.17) is 5.73 Å². The fourth-order valence-corrected chi connectivity index (χ4v) is 2.46. The summed E-state index contributed by atoms with van der Waals surface area (Å²) in [4.78, 5) is 16.2. The van der Waals surface area contributed by atoms with Gasteiger partial charge in [-0.1, -0.05) is 6.07 Å². The van der Waals surface area contributed by atoms with Crippen LogP contribution in [-0.4, -0.2) is 30.2 Å². The third-order valence-electron chi connectivity index (χ3n) is 3.55. The molecule has 0 unspecified atom stereocenters. The Morgan fingerprint density at radius 3 is 2.78 bits per heavy atom. The lowest BCUT2D eigenvalue weighted by atomic mass is 10.3. The molecule has 0 saturated carbocycles. The highest BCUT2D eigenvalue weighted by Crippen LogP contribution is 2.21. The second-order valence-corrected chi connectivity index (χ2v) is 5.67. The Kier molecular flexibility index (Phi) is 3.69. The molecule has 0 aliphatic carbocycles. The first-order chi connectivity index (χ1) is 11.0. The lowest BCUT2D eigenvalue weighted by Gasteiger charge is -2.11. The molecular formula is C16H18N6O. The van der Waals surface area contributed by atoms with Gasteiger partial charge in [-0.15, -0.1) is 10.2 Å². The van der Waals surface area contributed by atoms with Crippen molar-refractivity contribution >= 4 is 5.91 Å². The van der Waals surface area contributed by atoms with Crippen LogP contribution in [0.3, 0.4) is 0 Å². The van der Waals surface area contributed by atoms with Crippen molar-refractivity contribution in [2.75, 3.05) is 0 Å². The van der Waals surface area contributed by atoms with E-state index in [0.29, 0.717) is 23.0 Å². The quantitative estimate of drug-likeness (QED) is 0.799. The molecule has 7 heteroatoms. The van der Waals surface area contributed by atoms with Crippen molar-refractivity contribution in [1.82, 2.24) is 24.3 Å². The number of carbonyl (C=O) groups is 1. The van der Waals surface area contributed by atoms with Crippen LogP contribution in [0.5, 0.6) is 0 Å². The first-order valence-electron chi connectivity index (χ1n) is 7.33. The normalized spacial score (nSPS) is 11.1. The summed E-state index contributed by atoms with van der Waals surface area (Å²) in [7, 11) is 0. The minimum atomic E-state index is -0.490. The van der Waals surface area contributed by atoms with Crippen LogP contribution in [0.2, 0.25) is 0 Å². The fourth-order valence-electron chi connectivity index (χ4n) is 2.46. The number of hydrogen-bond donors (Lipinski definition) is 1. The van der Waals surface area contributed by atoms with Crippen molar-refractivity contribution in [1.29, 1.82) is 0 Å². The number of aromatic nitrogens is 5. The largest absolute Gasteiger partial charge is 0.364 e. The Balaban J connectivity index is 2.11. The molecule has 7 nitrogen and oxygen atoms in total. The summed E-state index contributed by atoms with van der Waals surface area (Å²) in [6.45, 7) is 6.01. The molecule has 0 spiro atoms. The molecule has 0 saturated heterocycles. The van der Waals surface area contributed by atoms with Gasteiger partial charge in [0.2, 0.25) is 0 Å². The van der Waals surface area contributed by atoms with Crippen LogP contribution in [0.4, 0.5) is 0 Å². The lowest BCUT2D eigenvalue weighted by Crippen LogP contribution is -2.16. The van der Waals surface area contributed by atoms with Gasteiger partial charge in [0.1, 0.15) is 23.5 Å². The highest BCUT2D eigenvalue weighted by Gasteiger charge is 2.15. The van der Waals surface area contributed by atoms with E-state index in [1.165, 1.54) is 0 Å². The molecule has 2 N–H and O–H groups in total. The lowest BCUT2D eigenvalue weighted by molar-refractivity contribution is 0.0993. The first-order valence-corrected chi connectivity index (χ1v) is 7.33. The van der Waals surface area contributed by atoms with Gasteiger partial charge in [0.15, 0.2) is 5.82 Å². The third-order valence-corrected chi connectivity index (χ3v) is 3.55. The smallest absolute Gasteiger partial charge is 0.265 e. The molecule has 3 heterocycles. The van der Waals surface area contributed by atoms with Crippen LogP contribution in [0.25, 0.3) is 17.3 Å². The van der Waals surface area contributed by atoms with Crippen LogP contribution >= 0.6 is 0 Å². The molecule has 0 atom stereocenters. The Bertz CT molecular complexity index is 861. The van der Waals surface area contributed by atoms with E-state index < -0.39 is 5.91 Å². The number of nitrogens with two attached hydrogens (primary N) is 1. The standard InChI is InChI=1S/C16H18N6O/c1-10(2)22-9-18-20-16(22)12-5-4-6-14(19-12)21-8-11(3)7-13(21)15(17)23/h4-10H,1-3H3,(H2,17,23). The summed E-state index contributed by atoms with van der Waals surface area (Å²) in [5, 5.41) is 8.12. The van der Waals surface area contributed by atoms with E-state index in [1.54, 1.807) is 17.0 Å². The SMILES string of the molecule is Cc1cc(C(N)=O)n(-c2cccc(-c3nncn3C(C)C)n2)c1. The van der Waals surface area contributed by atoms with Crippen molar-refractivity contribution in [3.63, 3.8) is 0 Å². The van der Waals surface area contributed by atoms with Crippen LogP contribution in [0.1, 0.15) is 35.9 Å². The van der Waals surface area contributed by atoms with Gasteiger partial charge in [0.25, 0.3) is 5.91 Å². The molecule has 0 aliphatic heterocycles. The predicted molar refractivity (Wildman–Crippen MR) is 86.2 cm³/mol. The number of amides is 1. The van der Waals surface area contributed by atoms with Crippen molar-refractivity contribution in [2.24, 2.45) is 5.73 Å². The maximum atomic E-state index is 11.6. The minimum absolute atomic E-state index is 0.223. The Morgan fingerprint density at radius 1 is 1.30 bits per heavy atom. The highest BCUT2D eigenvalue weighted by atomic mass is 16.1. The molecule has 0 radical (unpaired) electrons. The molecule has 3 aromatic rings. The number of nitrogens with zero attached hydrogens (tertiary/aromatic N) is 5. The van der Waals surface area contributed by atoms with Gasteiger partial charge in [-0.25, -0.2) is 4.98 Å². The van der Waals surface area contributed by atoms with Crippen molar-refractivity contribution in [3.05, 3.63) is 48.0 Å². The van der Waals surface area contributed by atoms with Gasteiger partial charge < -0.3 is 10.3 Å². The Labute approximate surface area is 133 Å². The second kappa shape index (κ2) is 5.68. The molecule has 23 heavy (non-hydrogen) atoms. The maximum absolute atomic E-state index is 11.6. The average molecular weight is 310 g/mol. The van der Waals surface area contributed by atoms with Crippen LogP contribution in [-0.2, 0) is 0 Å². The summed E-state index contributed by atoms with van der Waals surface area (Å²) >= 11 is 0. The van der Waals surface area contributed by atoms with E-state index in [1.807, 2.05) is 35.9 Å². The number of aryl methyl sites for hydroxylation is 1. The molecule has 0 aromatic carbocycles. The molecule has 0 fully saturated rings. The molecule has 1 amide bonds. The first kappa shape index (κ1) is 15.0. The number of pyridine rings is 1. The summed E-state index contributed by atoms with van der Waals surface area (Å²) in [5.74, 6) is 0.810. The molecular weight excluding hydrogens is 292 g/mol. The Morgan fingerprint density at radius 2 is 2.09 bits per heavy atom. The van der Waals surface area contributed by atoms with Crippen molar-refractivity contribution < 1.29 is 4.79 Å². The molecule has 0 bridgehead atoms. The topological polar surface area (TPSA) is 91.6 Å². The number of hydrogen-bond acceptors (Lipinski definition) is 4. The zero-order chi connectivity index (χ0) is 16.6.